The minimum Gasteiger partial charge on any atom is -0.478 e. The fourth-order valence-corrected chi connectivity index (χ4v) is 2.10. The lowest BCUT2D eigenvalue weighted by Crippen LogP contribution is -2.21. The van der Waals surface area contributed by atoms with Crippen molar-refractivity contribution < 1.29 is 9.90 Å². The third kappa shape index (κ3) is 2.79. The van der Waals surface area contributed by atoms with Crippen LogP contribution in [-0.4, -0.2) is 22.6 Å². The number of anilines is 2. The number of benzene rings is 1. The van der Waals surface area contributed by atoms with Crippen LogP contribution in [0, 0.1) is 13.8 Å². The smallest absolute Gasteiger partial charge is 0.339 e. The Balaban J connectivity index is 2.53. The first-order valence-electron chi connectivity index (χ1n) is 6.58. The maximum absolute atomic E-state index is 11.4. The molecule has 2 aromatic rings. The van der Waals surface area contributed by atoms with Crippen LogP contribution in [0.2, 0.25) is 0 Å². The summed E-state index contributed by atoms with van der Waals surface area (Å²) in [4.78, 5) is 17.7. The van der Waals surface area contributed by atoms with Gasteiger partial charge in [0.2, 0.25) is 0 Å². The first-order chi connectivity index (χ1) is 9.52. The number of carboxylic acid groups (broad SMARTS) is 1. The summed E-state index contributed by atoms with van der Waals surface area (Å²) in [5, 5.41) is 9.33. The molecule has 2 rings (SSSR count). The third-order valence-electron chi connectivity index (χ3n) is 3.16. The summed E-state index contributed by atoms with van der Waals surface area (Å²) >= 11 is 0. The number of rotatable bonds is 4. The zero-order valence-electron chi connectivity index (χ0n) is 11.9. The molecule has 0 atom stereocenters. The summed E-state index contributed by atoms with van der Waals surface area (Å²) in [6.07, 6.45) is 0. The number of hydrogen-bond donors (Lipinski definition) is 1. The van der Waals surface area contributed by atoms with E-state index in [4.69, 9.17) is 0 Å². The molecule has 0 radical (unpaired) electrons. The van der Waals surface area contributed by atoms with Crippen molar-refractivity contribution in [2.24, 2.45) is 0 Å². The van der Waals surface area contributed by atoms with Crippen molar-refractivity contribution in [3.05, 3.63) is 53.2 Å². The molecule has 4 heteroatoms. The van der Waals surface area contributed by atoms with Gasteiger partial charge in [-0.3, -0.25) is 0 Å². The Morgan fingerprint density at radius 2 is 1.80 bits per heavy atom. The molecule has 0 aliphatic carbocycles. The number of carbonyl (C=O) groups is 1. The molecule has 1 heterocycles. The Bertz CT molecular complexity index is 621. The van der Waals surface area contributed by atoms with Gasteiger partial charge in [-0.2, -0.15) is 0 Å². The molecular formula is C16H18N2O2. The lowest BCUT2D eigenvalue weighted by Gasteiger charge is -2.24. The minimum atomic E-state index is -0.960. The van der Waals surface area contributed by atoms with Crippen molar-refractivity contribution in [1.29, 1.82) is 0 Å². The second-order valence-electron chi connectivity index (χ2n) is 4.71. The molecule has 0 spiro atoms. The molecule has 1 aromatic heterocycles. The van der Waals surface area contributed by atoms with E-state index in [0.717, 1.165) is 11.4 Å². The number of hydrogen-bond acceptors (Lipinski definition) is 3. The van der Waals surface area contributed by atoms with Gasteiger partial charge in [0.1, 0.15) is 11.4 Å². The molecule has 20 heavy (non-hydrogen) atoms. The number of aromatic nitrogens is 1. The van der Waals surface area contributed by atoms with Gasteiger partial charge in [-0.25, -0.2) is 9.78 Å². The van der Waals surface area contributed by atoms with E-state index in [1.54, 1.807) is 12.1 Å². The topological polar surface area (TPSA) is 53.4 Å². The lowest BCUT2D eigenvalue weighted by atomic mass is 10.1. The molecule has 0 amide bonds. The molecule has 1 aromatic carbocycles. The highest BCUT2D eigenvalue weighted by atomic mass is 16.4. The summed E-state index contributed by atoms with van der Waals surface area (Å²) in [6, 6.07) is 11.3. The average molecular weight is 270 g/mol. The van der Waals surface area contributed by atoms with Gasteiger partial charge in [0.25, 0.3) is 0 Å². The fourth-order valence-electron chi connectivity index (χ4n) is 2.10. The molecule has 104 valence electrons. The number of nitrogens with zero attached hydrogens (tertiary/aromatic N) is 2. The van der Waals surface area contributed by atoms with Gasteiger partial charge >= 0.3 is 5.97 Å². The first-order valence-corrected chi connectivity index (χ1v) is 6.58. The van der Waals surface area contributed by atoms with Crippen LogP contribution in [0.1, 0.15) is 28.5 Å². The third-order valence-corrected chi connectivity index (χ3v) is 3.16. The molecule has 4 nitrogen and oxygen atoms in total. The Morgan fingerprint density at radius 1 is 1.15 bits per heavy atom. The van der Waals surface area contributed by atoms with E-state index in [0.29, 0.717) is 12.4 Å². The van der Waals surface area contributed by atoms with Crippen molar-refractivity contribution in [2.75, 3.05) is 11.4 Å². The molecule has 0 saturated carbocycles. The largest absolute Gasteiger partial charge is 0.478 e. The summed E-state index contributed by atoms with van der Waals surface area (Å²) in [5.74, 6) is -0.470. The van der Waals surface area contributed by atoms with Gasteiger partial charge in [-0.15, -0.1) is 0 Å². The molecule has 0 saturated heterocycles. The zero-order valence-corrected chi connectivity index (χ0v) is 11.9. The number of aromatic carboxylic acids is 1. The highest BCUT2D eigenvalue weighted by Gasteiger charge is 2.18. The van der Waals surface area contributed by atoms with Crippen molar-refractivity contribution in [1.82, 2.24) is 4.98 Å². The molecule has 0 aliphatic rings. The van der Waals surface area contributed by atoms with Gasteiger partial charge < -0.3 is 10.0 Å². The normalized spacial score (nSPS) is 10.3. The van der Waals surface area contributed by atoms with Crippen LogP contribution < -0.4 is 4.90 Å². The van der Waals surface area contributed by atoms with Gasteiger partial charge in [-0.05, 0) is 45.0 Å². The Hall–Kier alpha value is -2.36. The number of pyridine rings is 1. The monoisotopic (exact) mass is 270 g/mol. The van der Waals surface area contributed by atoms with Crippen LogP contribution >= 0.6 is 0 Å². The highest BCUT2D eigenvalue weighted by molar-refractivity contribution is 5.94. The Kier molecular flexibility index (Phi) is 4.03. The predicted molar refractivity (Wildman–Crippen MR) is 79.8 cm³/mol. The van der Waals surface area contributed by atoms with E-state index in [2.05, 4.69) is 4.98 Å². The van der Waals surface area contributed by atoms with Crippen LogP contribution in [-0.2, 0) is 0 Å². The maximum atomic E-state index is 11.4. The summed E-state index contributed by atoms with van der Waals surface area (Å²) in [7, 11) is 0. The number of carboxylic acids is 1. The van der Waals surface area contributed by atoms with E-state index in [1.165, 1.54) is 5.56 Å². The highest BCUT2D eigenvalue weighted by Crippen LogP contribution is 2.27. The Morgan fingerprint density at radius 3 is 2.35 bits per heavy atom. The maximum Gasteiger partial charge on any atom is 0.339 e. The molecule has 0 unspecified atom stereocenters. The van der Waals surface area contributed by atoms with Crippen LogP contribution in [0.25, 0.3) is 0 Å². The van der Waals surface area contributed by atoms with Crippen molar-refractivity contribution in [3.63, 3.8) is 0 Å². The van der Waals surface area contributed by atoms with Crippen LogP contribution in [0.5, 0.6) is 0 Å². The van der Waals surface area contributed by atoms with Gasteiger partial charge in [-0.1, -0.05) is 17.7 Å². The lowest BCUT2D eigenvalue weighted by molar-refractivity contribution is 0.0697. The van der Waals surface area contributed by atoms with Crippen LogP contribution in [0.4, 0.5) is 11.5 Å². The van der Waals surface area contributed by atoms with Gasteiger partial charge in [0, 0.05) is 17.9 Å². The summed E-state index contributed by atoms with van der Waals surface area (Å²) in [5.41, 5.74) is 3.13. The summed E-state index contributed by atoms with van der Waals surface area (Å²) < 4.78 is 0. The molecule has 0 bridgehead atoms. The van der Waals surface area contributed by atoms with Gasteiger partial charge in [0.05, 0.1) is 0 Å². The Labute approximate surface area is 118 Å². The first kappa shape index (κ1) is 14.1. The van der Waals surface area contributed by atoms with Crippen molar-refractivity contribution in [3.8, 4) is 0 Å². The molecule has 0 aliphatic heterocycles. The van der Waals surface area contributed by atoms with Gasteiger partial charge in [0.15, 0.2) is 0 Å². The van der Waals surface area contributed by atoms with E-state index >= 15 is 0 Å². The minimum absolute atomic E-state index is 0.220. The van der Waals surface area contributed by atoms with Crippen LogP contribution in [0.3, 0.4) is 0 Å². The van der Waals surface area contributed by atoms with E-state index in [-0.39, 0.29) is 5.56 Å². The van der Waals surface area contributed by atoms with Crippen molar-refractivity contribution in [2.45, 2.75) is 20.8 Å². The standard InChI is InChI=1S/C16H18N2O2/c1-4-18(13-8-5-11(2)6-9-13)15-14(16(19)20)10-7-12(3)17-15/h5-10H,4H2,1-3H3,(H,19,20). The quantitative estimate of drug-likeness (QED) is 0.923. The van der Waals surface area contributed by atoms with E-state index in [9.17, 15) is 9.90 Å². The van der Waals surface area contributed by atoms with E-state index < -0.39 is 5.97 Å². The van der Waals surface area contributed by atoms with Crippen LogP contribution in [0.15, 0.2) is 36.4 Å². The summed E-state index contributed by atoms with van der Waals surface area (Å²) in [6.45, 7) is 6.51. The molecule has 1 N–H and O–H groups in total. The molecule has 0 fully saturated rings. The molecular weight excluding hydrogens is 252 g/mol. The second-order valence-corrected chi connectivity index (χ2v) is 4.71. The van der Waals surface area contributed by atoms with E-state index in [1.807, 2.05) is 49.9 Å². The second kappa shape index (κ2) is 5.74. The fraction of sp³-hybridized carbons (Fsp3) is 0.250. The number of aryl methyl sites for hydroxylation is 2. The predicted octanol–water partition coefficient (Wildman–Crippen LogP) is 3.55. The zero-order chi connectivity index (χ0) is 14.7. The SMILES string of the molecule is CCN(c1ccc(C)cc1)c1nc(C)ccc1C(=O)O. The van der Waals surface area contributed by atoms with Crippen molar-refractivity contribution >= 4 is 17.5 Å². The average Bonchev–Trinajstić information content (AvgIpc) is 2.41.